The number of carbonyl (C=O) groups is 1. The molecule has 0 saturated carbocycles. The molecule has 2 aromatic heterocycles. The van der Waals surface area contributed by atoms with Gasteiger partial charge in [0.05, 0.1) is 12.3 Å². The Bertz CT molecular complexity index is 1120. The van der Waals surface area contributed by atoms with Crippen LogP contribution in [-0.2, 0) is 4.74 Å². The Balaban J connectivity index is 1.81. The molecule has 1 N–H and O–H groups in total. The Kier molecular flexibility index (Phi) is 3.96. The van der Waals surface area contributed by atoms with Crippen molar-refractivity contribution in [1.82, 2.24) is 19.8 Å². The van der Waals surface area contributed by atoms with Crippen LogP contribution < -0.4 is 5.32 Å². The molecular weight excluding hydrogens is 330 g/mol. The third-order valence-corrected chi connectivity index (χ3v) is 4.09. The lowest BCUT2D eigenvalue weighted by Gasteiger charge is -2.07. The van der Waals surface area contributed by atoms with Crippen LogP contribution in [0.1, 0.15) is 12.6 Å². The summed E-state index contributed by atoms with van der Waals surface area (Å²) < 4.78 is 6.65. The number of carbonyl (C=O) groups excluding carboxylic acids is 1. The number of rotatable bonds is 3. The zero-order chi connectivity index (χ0) is 18.1. The molecule has 4 aromatic rings. The topological polar surface area (TPSA) is 81.4 Å². The Morgan fingerprint density at radius 2 is 1.92 bits per heavy atom. The minimum Gasteiger partial charge on any atom is -0.450 e. The zero-order valence-corrected chi connectivity index (χ0v) is 14.4. The number of benzene rings is 2. The molecule has 1 amide bonds. The molecule has 0 spiro atoms. The summed E-state index contributed by atoms with van der Waals surface area (Å²) in [5, 5.41) is 18.0. The summed E-state index contributed by atoms with van der Waals surface area (Å²) in [7, 11) is 0. The zero-order valence-electron chi connectivity index (χ0n) is 14.4. The summed E-state index contributed by atoms with van der Waals surface area (Å²) in [6.45, 7) is 4.04. The van der Waals surface area contributed by atoms with E-state index >= 15 is 0 Å². The van der Waals surface area contributed by atoms with Crippen molar-refractivity contribution in [3.05, 3.63) is 54.2 Å². The molecule has 0 atom stereocenters. The molecule has 2 heterocycles. The van der Waals surface area contributed by atoms with E-state index < -0.39 is 6.09 Å². The fraction of sp³-hybridized carbons (Fsp3) is 0.158. The molecule has 7 nitrogen and oxygen atoms in total. The van der Waals surface area contributed by atoms with Crippen LogP contribution in [0.4, 0.5) is 10.5 Å². The standard InChI is InChI=1S/C19H17N5O2/c1-3-26-19(25)20-14-8-6-7-13(11-14)17-21-22-18-16-10-5-4-9-15(16)12(2)23-24(17)18/h4-11H,3H2,1-2H3,(H,20,25). The van der Waals surface area contributed by atoms with Crippen LogP contribution in [0, 0.1) is 6.92 Å². The minimum atomic E-state index is -0.490. The number of hydrogen-bond donors (Lipinski definition) is 1. The molecule has 2 aromatic carbocycles. The molecule has 130 valence electrons. The maximum atomic E-state index is 11.6. The molecule has 0 bridgehead atoms. The SMILES string of the molecule is CCOC(=O)Nc1cccc(-c2nnc3c4ccccc4c(C)nn23)c1. The number of aromatic nitrogens is 4. The van der Waals surface area contributed by atoms with Crippen molar-refractivity contribution in [2.24, 2.45) is 0 Å². The first-order valence-electron chi connectivity index (χ1n) is 8.32. The number of fused-ring (bicyclic) bond motifs is 3. The third kappa shape index (κ3) is 2.73. The van der Waals surface area contributed by atoms with E-state index in [1.807, 2.05) is 49.4 Å². The predicted molar refractivity (Wildman–Crippen MR) is 99.1 cm³/mol. The minimum absolute atomic E-state index is 0.316. The van der Waals surface area contributed by atoms with Gasteiger partial charge in [-0.2, -0.15) is 9.61 Å². The second-order valence-electron chi connectivity index (χ2n) is 5.82. The second kappa shape index (κ2) is 6.44. The smallest absolute Gasteiger partial charge is 0.411 e. The first-order chi connectivity index (χ1) is 12.7. The average Bonchev–Trinajstić information content (AvgIpc) is 3.06. The normalized spacial score (nSPS) is 11.0. The molecular formula is C19H17N5O2. The van der Waals surface area contributed by atoms with Crippen molar-refractivity contribution < 1.29 is 9.53 Å². The summed E-state index contributed by atoms with van der Waals surface area (Å²) in [6.07, 6.45) is -0.490. The van der Waals surface area contributed by atoms with Crippen LogP contribution in [0.15, 0.2) is 48.5 Å². The maximum absolute atomic E-state index is 11.6. The molecule has 26 heavy (non-hydrogen) atoms. The van der Waals surface area contributed by atoms with Crippen LogP contribution >= 0.6 is 0 Å². The molecule has 0 aliphatic rings. The predicted octanol–water partition coefficient (Wildman–Crippen LogP) is 3.82. The molecule has 4 rings (SSSR count). The highest BCUT2D eigenvalue weighted by Gasteiger charge is 2.14. The van der Waals surface area contributed by atoms with Crippen molar-refractivity contribution in [1.29, 1.82) is 0 Å². The van der Waals surface area contributed by atoms with Gasteiger partial charge in [-0.3, -0.25) is 5.32 Å². The molecule has 0 fully saturated rings. The number of ether oxygens (including phenoxy) is 1. The van der Waals surface area contributed by atoms with Gasteiger partial charge in [-0.05, 0) is 26.0 Å². The van der Waals surface area contributed by atoms with E-state index in [0.717, 1.165) is 22.0 Å². The van der Waals surface area contributed by atoms with E-state index in [1.165, 1.54) is 0 Å². The van der Waals surface area contributed by atoms with Crippen LogP contribution in [-0.4, -0.2) is 32.5 Å². The summed E-state index contributed by atoms with van der Waals surface area (Å²) >= 11 is 0. The lowest BCUT2D eigenvalue weighted by molar-refractivity contribution is 0.168. The van der Waals surface area contributed by atoms with Gasteiger partial charge in [-0.15, -0.1) is 10.2 Å². The Hall–Kier alpha value is -3.48. The summed E-state index contributed by atoms with van der Waals surface area (Å²) in [4.78, 5) is 11.6. The first-order valence-corrected chi connectivity index (χ1v) is 8.32. The largest absolute Gasteiger partial charge is 0.450 e. The molecule has 0 unspecified atom stereocenters. The Morgan fingerprint density at radius 3 is 2.73 bits per heavy atom. The summed E-state index contributed by atoms with van der Waals surface area (Å²) in [5.74, 6) is 0.612. The maximum Gasteiger partial charge on any atom is 0.411 e. The van der Waals surface area contributed by atoms with Gasteiger partial charge in [0.25, 0.3) is 0 Å². The van der Waals surface area contributed by atoms with E-state index in [9.17, 15) is 4.79 Å². The number of amides is 1. The highest BCUT2D eigenvalue weighted by molar-refractivity contribution is 5.95. The van der Waals surface area contributed by atoms with Gasteiger partial charge in [0, 0.05) is 22.0 Å². The number of aryl methyl sites for hydroxylation is 1. The fourth-order valence-corrected chi connectivity index (χ4v) is 2.94. The molecule has 0 radical (unpaired) electrons. The number of anilines is 1. The van der Waals surface area contributed by atoms with Gasteiger partial charge in [0.15, 0.2) is 11.5 Å². The van der Waals surface area contributed by atoms with E-state index in [4.69, 9.17) is 4.74 Å². The molecule has 7 heteroatoms. The number of nitrogens with one attached hydrogen (secondary N) is 1. The Labute approximate surface area is 149 Å². The quantitative estimate of drug-likeness (QED) is 0.609. The van der Waals surface area contributed by atoms with Crippen LogP contribution in [0.25, 0.3) is 27.8 Å². The van der Waals surface area contributed by atoms with Crippen molar-refractivity contribution in [2.75, 3.05) is 11.9 Å². The number of nitrogens with zero attached hydrogens (tertiary/aromatic N) is 4. The van der Waals surface area contributed by atoms with Crippen molar-refractivity contribution in [3.63, 3.8) is 0 Å². The summed E-state index contributed by atoms with van der Waals surface area (Å²) in [6, 6.07) is 15.3. The van der Waals surface area contributed by atoms with Gasteiger partial charge in [0.1, 0.15) is 0 Å². The Morgan fingerprint density at radius 1 is 1.12 bits per heavy atom. The van der Waals surface area contributed by atoms with Crippen LogP contribution in [0.3, 0.4) is 0 Å². The van der Waals surface area contributed by atoms with E-state index in [-0.39, 0.29) is 0 Å². The molecule has 0 saturated heterocycles. The highest BCUT2D eigenvalue weighted by atomic mass is 16.5. The lowest BCUT2D eigenvalue weighted by Crippen LogP contribution is -2.13. The third-order valence-electron chi connectivity index (χ3n) is 4.09. The van der Waals surface area contributed by atoms with E-state index in [0.29, 0.717) is 23.8 Å². The average molecular weight is 347 g/mol. The van der Waals surface area contributed by atoms with E-state index in [1.54, 1.807) is 17.5 Å². The second-order valence-corrected chi connectivity index (χ2v) is 5.82. The molecule has 0 aliphatic carbocycles. The van der Waals surface area contributed by atoms with Crippen molar-refractivity contribution in [3.8, 4) is 11.4 Å². The first kappa shape index (κ1) is 16.0. The highest BCUT2D eigenvalue weighted by Crippen LogP contribution is 2.26. The fourth-order valence-electron chi connectivity index (χ4n) is 2.94. The molecule has 0 aliphatic heterocycles. The van der Waals surface area contributed by atoms with Gasteiger partial charge in [-0.25, -0.2) is 4.79 Å². The van der Waals surface area contributed by atoms with Gasteiger partial charge in [0.2, 0.25) is 0 Å². The van der Waals surface area contributed by atoms with Gasteiger partial charge in [-0.1, -0.05) is 36.4 Å². The monoisotopic (exact) mass is 347 g/mol. The summed E-state index contributed by atoms with van der Waals surface area (Å²) in [5.41, 5.74) is 3.02. The van der Waals surface area contributed by atoms with Crippen LogP contribution in [0.5, 0.6) is 0 Å². The van der Waals surface area contributed by atoms with Crippen molar-refractivity contribution in [2.45, 2.75) is 13.8 Å². The van der Waals surface area contributed by atoms with Gasteiger partial charge < -0.3 is 4.74 Å². The van der Waals surface area contributed by atoms with Gasteiger partial charge >= 0.3 is 6.09 Å². The lowest BCUT2D eigenvalue weighted by atomic mass is 10.1. The van der Waals surface area contributed by atoms with Crippen molar-refractivity contribution >= 4 is 28.2 Å². The number of hydrogen-bond acceptors (Lipinski definition) is 5. The van der Waals surface area contributed by atoms with Crippen LogP contribution in [0.2, 0.25) is 0 Å². The van der Waals surface area contributed by atoms with E-state index in [2.05, 4.69) is 20.6 Å².